The number of fused-ring (bicyclic) bond motifs is 5. The summed E-state index contributed by atoms with van der Waals surface area (Å²) in [4.78, 5) is 23.0. The van der Waals surface area contributed by atoms with E-state index in [0.29, 0.717) is 11.8 Å². The van der Waals surface area contributed by atoms with E-state index in [1.807, 2.05) is 0 Å². The van der Waals surface area contributed by atoms with Gasteiger partial charge in [0.2, 0.25) is 5.91 Å². The molecule has 5 unspecified atom stereocenters. The molecular formula is C13H19NO4. The predicted octanol–water partition coefficient (Wildman–Crippen LogP) is -0.0714. The van der Waals surface area contributed by atoms with Crippen molar-refractivity contribution in [3.8, 4) is 0 Å². The molecule has 2 N–H and O–H groups in total. The number of hydrogen-bond acceptors (Lipinski definition) is 4. The molecule has 0 aromatic heterocycles. The van der Waals surface area contributed by atoms with Crippen LogP contribution in [0.4, 0.5) is 0 Å². The maximum atomic E-state index is 12.0. The van der Waals surface area contributed by atoms with Crippen molar-refractivity contribution in [2.45, 2.75) is 25.4 Å². The van der Waals surface area contributed by atoms with E-state index in [1.165, 1.54) is 26.4 Å². The number of amides is 1. The van der Waals surface area contributed by atoms with Gasteiger partial charge in [-0.15, -0.1) is 0 Å². The Morgan fingerprint density at radius 2 is 1.94 bits per heavy atom. The summed E-state index contributed by atoms with van der Waals surface area (Å²) in [5.41, 5.74) is 0. The molecule has 3 saturated carbocycles. The van der Waals surface area contributed by atoms with E-state index in [2.05, 4.69) is 10.1 Å². The first-order valence-corrected chi connectivity index (χ1v) is 6.67. The lowest BCUT2D eigenvalue weighted by Crippen LogP contribution is -2.38. The van der Waals surface area contributed by atoms with Crippen LogP contribution < -0.4 is 5.32 Å². The zero-order valence-corrected chi connectivity index (χ0v) is 10.5. The van der Waals surface area contributed by atoms with Gasteiger partial charge in [0.15, 0.2) is 6.10 Å². The van der Waals surface area contributed by atoms with E-state index in [9.17, 15) is 14.7 Å². The smallest absolute Gasteiger partial charge is 0.336 e. The van der Waals surface area contributed by atoms with Crippen molar-refractivity contribution in [1.82, 2.24) is 5.32 Å². The number of aliphatic hydroxyl groups is 1. The highest BCUT2D eigenvalue weighted by molar-refractivity contribution is 5.83. The quantitative estimate of drug-likeness (QED) is 0.688. The van der Waals surface area contributed by atoms with Crippen LogP contribution in [0.1, 0.15) is 19.3 Å². The summed E-state index contributed by atoms with van der Waals surface area (Å²) in [7, 11) is 1.22. The van der Waals surface area contributed by atoms with Gasteiger partial charge in [0.1, 0.15) is 0 Å². The Balaban J connectivity index is 1.48. The van der Waals surface area contributed by atoms with Crippen LogP contribution in [0.2, 0.25) is 0 Å². The number of methoxy groups -OCH3 is 1. The number of nitrogens with one attached hydrogen (secondary N) is 1. The van der Waals surface area contributed by atoms with E-state index in [-0.39, 0.29) is 18.4 Å². The first-order valence-electron chi connectivity index (χ1n) is 6.67. The maximum absolute atomic E-state index is 12.0. The lowest BCUT2D eigenvalue weighted by molar-refractivity contribution is -0.150. The molecule has 2 bridgehead atoms. The monoisotopic (exact) mass is 253 g/mol. The average molecular weight is 253 g/mol. The second-order valence-electron chi connectivity index (χ2n) is 5.80. The molecule has 100 valence electrons. The van der Waals surface area contributed by atoms with Crippen LogP contribution in [0.15, 0.2) is 0 Å². The minimum absolute atomic E-state index is 0.00422. The Morgan fingerprint density at radius 1 is 1.33 bits per heavy atom. The third-order valence-corrected chi connectivity index (χ3v) is 4.98. The molecule has 3 fully saturated rings. The third-order valence-electron chi connectivity index (χ3n) is 4.98. The highest BCUT2D eigenvalue weighted by atomic mass is 16.5. The fourth-order valence-electron chi connectivity index (χ4n) is 4.21. The summed E-state index contributed by atoms with van der Waals surface area (Å²) in [6.07, 6.45) is 2.61. The van der Waals surface area contributed by atoms with Crippen molar-refractivity contribution in [2.75, 3.05) is 13.7 Å². The van der Waals surface area contributed by atoms with Crippen LogP contribution >= 0.6 is 0 Å². The van der Waals surface area contributed by atoms with Gasteiger partial charge in [0.05, 0.1) is 13.7 Å². The molecule has 5 atom stereocenters. The molecule has 3 rings (SSSR count). The zero-order chi connectivity index (χ0) is 12.9. The largest absolute Gasteiger partial charge is 0.467 e. The van der Waals surface area contributed by atoms with Crippen LogP contribution in [0.5, 0.6) is 0 Å². The molecule has 3 aliphatic rings. The second kappa shape index (κ2) is 4.23. The Labute approximate surface area is 106 Å². The standard InChI is InChI=1S/C13H19NO4/c1-18-13(17)8(15)5-14-12(16)11-9-6-2-3-7(4-6)10(9)11/h6-11,15H,2-5H2,1H3,(H,14,16). The first kappa shape index (κ1) is 12.0. The van der Waals surface area contributed by atoms with Crippen LogP contribution in [0.3, 0.4) is 0 Å². The van der Waals surface area contributed by atoms with Crippen LogP contribution in [-0.4, -0.2) is 36.7 Å². The average Bonchev–Trinajstić information content (AvgIpc) is 2.83. The van der Waals surface area contributed by atoms with E-state index >= 15 is 0 Å². The number of esters is 1. The Morgan fingerprint density at radius 3 is 2.50 bits per heavy atom. The summed E-state index contributed by atoms with van der Waals surface area (Å²) in [6, 6.07) is 0. The molecule has 0 heterocycles. The Hall–Kier alpha value is -1.10. The van der Waals surface area contributed by atoms with Gasteiger partial charge < -0.3 is 15.2 Å². The lowest BCUT2D eigenvalue weighted by atomic mass is 10.0. The molecule has 0 aromatic carbocycles. The predicted molar refractivity (Wildman–Crippen MR) is 62.3 cm³/mol. The second-order valence-corrected chi connectivity index (χ2v) is 5.80. The SMILES string of the molecule is COC(=O)C(O)CNC(=O)C1C2C3CCC(C3)C12. The fraction of sp³-hybridized carbons (Fsp3) is 0.846. The van der Waals surface area contributed by atoms with E-state index in [0.717, 1.165) is 11.8 Å². The number of carbonyl (C=O) groups is 2. The first-order chi connectivity index (χ1) is 8.63. The van der Waals surface area contributed by atoms with Crippen molar-refractivity contribution in [1.29, 1.82) is 0 Å². The number of rotatable bonds is 4. The molecule has 5 nitrogen and oxygen atoms in total. The van der Waals surface area contributed by atoms with Gasteiger partial charge in [-0.05, 0) is 42.9 Å². The maximum Gasteiger partial charge on any atom is 0.336 e. The van der Waals surface area contributed by atoms with Crippen molar-refractivity contribution in [2.24, 2.45) is 29.6 Å². The minimum Gasteiger partial charge on any atom is -0.467 e. The van der Waals surface area contributed by atoms with Crippen molar-refractivity contribution in [3.63, 3.8) is 0 Å². The fourth-order valence-corrected chi connectivity index (χ4v) is 4.21. The molecule has 1 amide bonds. The third kappa shape index (κ3) is 1.72. The van der Waals surface area contributed by atoms with Gasteiger partial charge in [-0.1, -0.05) is 0 Å². The normalized spacial score (nSPS) is 41.1. The summed E-state index contributed by atoms with van der Waals surface area (Å²) >= 11 is 0. The van der Waals surface area contributed by atoms with Gasteiger partial charge >= 0.3 is 5.97 Å². The summed E-state index contributed by atoms with van der Waals surface area (Å²) in [5, 5.41) is 12.1. The molecular weight excluding hydrogens is 234 g/mol. The molecule has 0 aromatic rings. The van der Waals surface area contributed by atoms with Gasteiger partial charge in [0.25, 0.3) is 0 Å². The number of ether oxygens (including phenoxy) is 1. The molecule has 5 heteroatoms. The molecule has 3 aliphatic carbocycles. The number of carbonyl (C=O) groups excluding carboxylic acids is 2. The summed E-state index contributed by atoms with van der Waals surface area (Å²) in [6.45, 7) is -0.0449. The Kier molecular flexibility index (Phi) is 2.81. The zero-order valence-electron chi connectivity index (χ0n) is 10.5. The molecule has 0 aliphatic heterocycles. The van der Waals surface area contributed by atoms with Gasteiger partial charge in [-0.25, -0.2) is 4.79 Å². The topological polar surface area (TPSA) is 75.6 Å². The van der Waals surface area contributed by atoms with Crippen LogP contribution in [0.25, 0.3) is 0 Å². The van der Waals surface area contributed by atoms with E-state index in [1.54, 1.807) is 0 Å². The van der Waals surface area contributed by atoms with Crippen molar-refractivity contribution >= 4 is 11.9 Å². The highest BCUT2D eigenvalue weighted by Gasteiger charge is 2.67. The highest BCUT2D eigenvalue weighted by Crippen LogP contribution is 2.69. The Bertz CT molecular complexity index is 367. The minimum atomic E-state index is -1.26. The summed E-state index contributed by atoms with van der Waals surface area (Å²) in [5.74, 6) is 2.11. The molecule has 18 heavy (non-hydrogen) atoms. The van der Waals surface area contributed by atoms with Crippen LogP contribution in [-0.2, 0) is 14.3 Å². The lowest BCUT2D eigenvalue weighted by Gasteiger charge is -2.12. The number of hydrogen-bond donors (Lipinski definition) is 2. The van der Waals surface area contributed by atoms with Gasteiger partial charge in [-0.3, -0.25) is 4.79 Å². The van der Waals surface area contributed by atoms with E-state index in [4.69, 9.17) is 0 Å². The molecule has 0 saturated heterocycles. The molecule has 0 spiro atoms. The number of aliphatic hydroxyl groups excluding tert-OH is 1. The van der Waals surface area contributed by atoms with Crippen LogP contribution in [0, 0.1) is 29.6 Å². The van der Waals surface area contributed by atoms with Crippen molar-refractivity contribution in [3.05, 3.63) is 0 Å². The molecule has 0 radical (unpaired) electrons. The van der Waals surface area contributed by atoms with Gasteiger partial charge in [0, 0.05) is 5.92 Å². The van der Waals surface area contributed by atoms with Crippen molar-refractivity contribution < 1.29 is 19.4 Å². The van der Waals surface area contributed by atoms with E-state index < -0.39 is 12.1 Å². The summed E-state index contributed by atoms with van der Waals surface area (Å²) < 4.78 is 4.40. The van der Waals surface area contributed by atoms with Gasteiger partial charge in [-0.2, -0.15) is 0 Å².